The van der Waals surface area contributed by atoms with Gasteiger partial charge in [0.05, 0.1) is 0 Å². The van der Waals surface area contributed by atoms with Gasteiger partial charge in [-0.2, -0.15) is 0 Å². The Morgan fingerprint density at radius 2 is 1.93 bits per heavy atom. The van der Waals surface area contributed by atoms with Gasteiger partial charge in [0.15, 0.2) is 5.76 Å². The molecule has 0 fully saturated rings. The van der Waals surface area contributed by atoms with Crippen LogP contribution in [0.3, 0.4) is 0 Å². The number of rotatable bonds is 1. The fraction of sp³-hybridized carbons (Fsp3) is 0.300. The maximum absolute atomic E-state index is 11.2. The molecule has 4 heteroatoms. The number of Topliss-reactive ketones (excluding diaryl/α,β-unsaturated/α-hetero) is 1. The Bertz CT molecular complexity index is 301. The van der Waals surface area contributed by atoms with Crippen LogP contribution < -0.4 is 5.84 Å². The number of nitrogens with two attached hydrogens (primary N) is 1. The van der Waals surface area contributed by atoms with E-state index < -0.39 is 5.78 Å². The second-order valence-corrected chi connectivity index (χ2v) is 2.57. The summed E-state index contributed by atoms with van der Waals surface area (Å²) < 4.78 is 0. The fourth-order valence-electron chi connectivity index (χ4n) is 0.917. The average molecular weight is 196 g/mol. The lowest BCUT2D eigenvalue weighted by atomic mass is 10.1. The maximum Gasteiger partial charge on any atom is 0.244 e. The molecule has 0 heterocycles. The number of hydrogen-bond acceptors (Lipinski definition) is 4. The molecule has 0 unspecified atom stereocenters. The van der Waals surface area contributed by atoms with Gasteiger partial charge in [-0.05, 0) is 17.7 Å². The van der Waals surface area contributed by atoms with Crippen molar-refractivity contribution in [2.24, 2.45) is 5.84 Å². The molecule has 14 heavy (non-hydrogen) atoms. The topological polar surface area (TPSA) is 66.6 Å². The summed E-state index contributed by atoms with van der Waals surface area (Å²) >= 11 is 0. The van der Waals surface area contributed by atoms with Gasteiger partial charge in [0.25, 0.3) is 0 Å². The molecule has 0 amide bonds. The van der Waals surface area contributed by atoms with E-state index in [2.05, 4.69) is 6.58 Å². The van der Waals surface area contributed by atoms with Crippen molar-refractivity contribution in [3.8, 4) is 0 Å². The SMILES string of the molecule is C=C1C=C(O)C(=O)C(N(C)N)=C1.CC. The van der Waals surface area contributed by atoms with Crippen molar-refractivity contribution < 1.29 is 9.90 Å². The summed E-state index contributed by atoms with van der Waals surface area (Å²) in [4.78, 5) is 11.2. The summed E-state index contributed by atoms with van der Waals surface area (Å²) in [6.07, 6.45) is 2.82. The molecule has 3 N–H and O–H groups in total. The van der Waals surface area contributed by atoms with Crippen LogP contribution in [0.2, 0.25) is 0 Å². The first-order valence-corrected chi connectivity index (χ1v) is 4.37. The number of hydrogen-bond donors (Lipinski definition) is 2. The standard InChI is InChI=1S/C8H10N2O2.C2H6/c1-5-3-6(10(2)9)8(12)7(11)4-5;1-2/h3-4,11H,1,9H2,2H3;1-2H3. The van der Waals surface area contributed by atoms with Crippen molar-refractivity contribution in [3.05, 3.63) is 35.8 Å². The summed E-state index contributed by atoms with van der Waals surface area (Å²) in [5, 5.41) is 10.2. The van der Waals surface area contributed by atoms with Crippen molar-refractivity contribution >= 4 is 5.78 Å². The summed E-state index contributed by atoms with van der Waals surface area (Å²) in [7, 11) is 1.52. The van der Waals surface area contributed by atoms with Crippen molar-refractivity contribution in [3.63, 3.8) is 0 Å². The molecular formula is C10H16N2O2. The van der Waals surface area contributed by atoms with Gasteiger partial charge in [0, 0.05) is 7.05 Å². The van der Waals surface area contributed by atoms with Crippen LogP contribution in [0.5, 0.6) is 0 Å². The number of allylic oxidation sites excluding steroid dienone is 3. The molecule has 0 aromatic heterocycles. The molecule has 0 bridgehead atoms. The lowest BCUT2D eigenvalue weighted by Gasteiger charge is -2.17. The van der Waals surface area contributed by atoms with Gasteiger partial charge < -0.3 is 10.1 Å². The van der Waals surface area contributed by atoms with Gasteiger partial charge in [-0.3, -0.25) is 4.79 Å². The van der Waals surface area contributed by atoms with E-state index in [1.54, 1.807) is 0 Å². The van der Waals surface area contributed by atoms with Crippen molar-refractivity contribution in [1.29, 1.82) is 0 Å². The van der Waals surface area contributed by atoms with Crippen LogP contribution in [0.15, 0.2) is 35.8 Å². The van der Waals surface area contributed by atoms with E-state index in [1.807, 2.05) is 13.8 Å². The number of aliphatic hydroxyl groups is 1. The summed E-state index contributed by atoms with van der Waals surface area (Å²) in [5.74, 6) is 4.54. The van der Waals surface area contributed by atoms with Crippen LogP contribution in [0.1, 0.15) is 13.8 Å². The van der Waals surface area contributed by atoms with Gasteiger partial charge in [-0.15, -0.1) is 0 Å². The molecule has 4 nitrogen and oxygen atoms in total. The van der Waals surface area contributed by atoms with E-state index >= 15 is 0 Å². The minimum absolute atomic E-state index is 0.236. The van der Waals surface area contributed by atoms with E-state index in [1.165, 1.54) is 19.2 Å². The lowest BCUT2D eigenvalue weighted by molar-refractivity contribution is -0.116. The summed E-state index contributed by atoms with van der Waals surface area (Å²) in [6.45, 7) is 7.58. The van der Waals surface area contributed by atoms with Gasteiger partial charge >= 0.3 is 0 Å². The molecule has 0 aliphatic heterocycles. The zero-order valence-corrected chi connectivity index (χ0v) is 8.74. The zero-order valence-electron chi connectivity index (χ0n) is 8.74. The minimum Gasteiger partial charge on any atom is -0.504 e. The molecule has 0 saturated carbocycles. The van der Waals surface area contributed by atoms with Crippen LogP contribution in [0.25, 0.3) is 0 Å². The average Bonchev–Trinajstić information content (AvgIpc) is 2.14. The Morgan fingerprint density at radius 1 is 1.43 bits per heavy atom. The van der Waals surface area contributed by atoms with E-state index in [4.69, 9.17) is 10.9 Å². The van der Waals surface area contributed by atoms with Crippen LogP contribution in [0.4, 0.5) is 0 Å². The highest BCUT2D eigenvalue weighted by Gasteiger charge is 2.20. The number of hydrazine groups is 1. The fourth-order valence-corrected chi connectivity index (χ4v) is 0.917. The Kier molecular flexibility index (Phi) is 4.66. The maximum atomic E-state index is 11.2. The molecule has 0 aromatic carbocycles. The van der Waals surface area contributed by atoms with Crippen molar-refractivity contribution in [2.75, 3.05) is 7.05 Å². The predicted molar refractivity (Wildman–Crippen MR) is 56.2 cm³/mol. The Balaban J connectivity index is 0.000000791. The van der Waals surface area contributed by atoms with E-state index in [9.17, 15) is 4.79 Å². The molecule has 78 valence electrons. The predicted octanol–water partition coefficient (Wildman–Crippen LogP) is 1.28. The molecule has 0 saturated heterocycles. The minimum atomic E-state index is -0.479. The van der Waals surface area contributed by atoms with Crippen LogP contribution in [0, 0.1) is 0 Å². The normalized spacial score (nSPS) is 15.1. The number of carbonyl (C=O) groups is 1. The smallest absolute Gasteiger partial charge is 0.244 e. The van der Waals surface area contributed by atoms with E-state index in [0.29, 0.717) is 5.57 Å². The second kappa shape index (κ2) is 5.24. The van der Waals surface area contributed by atoms with Gasteiger partial charge in [0.1, 0.15) is 5.70 Å². The molecule has 1 aliphatic rings. The number of likely N-dealkylation sites (N-methyl/N-ethyl adjacent to an activating group) is 1. The highest BCUT2D eigenvalue weighted by molar-refractivity contribution is 6.07. The third-order valence-electron chi connectivity index (χ3n) is 1.49. The summed E-state index contributed by atoms with van der Waals surface area (Å²) in [5.41, 5.74) is 0.791. The molecule has 1 aliphatic carbocycles. The first-order valence-electron chi connectivity index (χ1n) is 4.37. The largest absolute Gasteiger partial charge is 0.504 e. The molecule has 1 rings (SSSR count). The second-order valence-electron chi connectivity index (χ2n) is 2.57. The molecule has 0 radical (unpaired) electrons. The Labute approximate surface area is 84.0 Å². The zero-order chi connectivity index (χ0) is 11.3. The van der Waals surface area contributed by atoms with Crippen LogP contribution in [-0.2, 0) is 4.79 Å². The van der Waals surface area contributed by atoms with Crippen molar-refractivity contribution in [1.82, 2.24) is 5.01 Å². The highest BCUT2D eigenvalue weighted by Crippen LogP contribution is 2.16. The van der Waals surface area contributed by atoms with Gasteiger partial charge in [0.2, 0.25) is 5.78 Å². The number of aliphatic hydroxyl groups excluding tert-OH is 1. The summed E-state index contributed by atoms with van der Waals surface area (Å²) in [6, 6.07) is 0. The van der Waals surface area contributed by atoms with Crippen LogP contribution >= 0.6 is 0 Å². The molecule has 0 aromatic rings. The highest BCUT2D eigenvalue weighted by atomic mass is 16.3. The third kappa shape index (κ3) is 2.74. The molecule has 0 spiro atoms. The molecular weight excluding hydrogens is 180 g/mol. The first kappa shape index (κ1) is 12.4. The van der Waals surface area contributed by atoms with Crippen LogP contribution in [-0.4, -0.2) is 22.9 Å². The van der Waals surface area contributed by atoms with Gasteiger partial charge in [-0.25, -0.2) is 5.84 Å². The number of nitrogens with zero attached hydrogens (tertiary/aromatic N) is 1. The van der Waals surface area contributed by atoms with Crippen molar-refractivity contribution in [2.45, 2.75) is 13.8 Å². The van der Waals surface area contributed by atoms with E-state index in [-0.39, 0.29) is 11.5 Å². The first-order chi connectivity index (χ1) is 6.52. The quantitative estimate of drug-likeness (QED) is 0.490. The van der Waals surface area contributed by atoms with E-state index in [0.717, 1.165) is 5.01 Å². The molecule has 0 atom stereocenters. The van der Waals surface area contributed by atoms with Gasteiger partial charge in [-0.1, -0.05) is 20.4 Å². The Hall–Kier alpha value is -1.55. The third-order valence-corrected chi connectivity index (χ3v) is 1.49. The Morgan fingerprint density at radius 3 is 2.36 bits per heavy atom. The monoisotopic (exact) mass is 196 g/mol. The lowest BCUT2D eigenvalue weighted by Crippen LogP contribution is -2.31. The number of ketones is 1. The number of carbonyl (C=O) groups excluding carboxylic acids is 1.